The predicted octanol–water partition coefficient (Wildman–Crippen LogP) is 1.68. The summed E-state index contributed by atoms with van der Waals surface area (Å²) in [5.41, 5.74) is 0. The molecular weight excluding hydrogens is 208 g/mol. The van der Waals surface area contributed by atoms with Gasteiger partial charge in [0.25, 0.3) is 0 Å². The van der Waals surface area contributed by atoms with Crippen LogP contribution in [-0.4, -0.2) is 42.1 Å². The van der Waals surface area contributed by atoms with E-state index in [-0.39, 0.29) is 12.5 Å². The number of rotatable bonds is 8. The minimum Gasteiger partial charge on any atom is -0.481 e. The van der Waals surface area contributed by atoms with Gasteiger partial charge in [0.2, 0.25) is 0 Å². The number of carboxylic acids is 1. The van der Waals surface area contributed by atoms with Gasteiger partial charge in [0.05, 0.1) is 0 Å². The average molecular weight is 230 g/mol. The smallest absolute Gasteiger partial charge is 0.317 e. The molecule has 0 aliphatic carbocycles. The highest BCUT2D eigenvalue weighted by atomic mass is 16.4. The summed E-state index contributed by atoms with van der Waals surface area (Å²) in [6.45, 7) is 3.28. The molecule has 0 aromatic heterocycles. The Morgan fingerprint density at radius 2 is 1.81 bits per heavy atom. The van der Waals surface area contributed by atoms with E-state index in [9.17, 15) is 9.59 Å². The molecule has 16 heavy (non-hydrogen) atoms. The zero-order valence-corrected chi connectivity index (χ0v) is 10.2. The van der Waals surface area contributed by atoms with Crippen LogP contribution < -0.4 is 5.32 Å². The Morgan fingerprint density at radius 1 is 1.19 bits per heavy atom. The third kappa shape index (κ3) is 8.08. The Morgan fingerprint density at radius 3 is 2.38 bits per heavy atom. The van der Waals surface area contributed by atoms with Crippen LogP contribution in [0.25, 0.3) is 0 Å². The van der Waals surface area contributed by atoms with Gasteiger partial charge in [0.1, 0.15) is 0 Å². The van der Waals surface area contributed by atoms with Gasteiger partial charge >= 0.3 is 12.0 Å². The molecule has 0 saturated carbocycles. The van der Waals surface area contributed by atoms with Crippen molar-refractivity contribution in [3.8, 4) is 0 Å². The van der Waals surface area contributed by atoms with Gasteiger partial charge in [-0.3, -0.25) is 4.79 Å². The fourth-order valence-corrected chi connectivity index (χ4v) is 1.23. The standard InChI is InChI=1S/C11H22N2O3/c1-3-13(2)11(16)12-9-7-5-4-6-8-10(14)15/h3-9H2,1-2H3,(H,12,16)(H,14,15). The topological polar surface area (TPSA) is 69.6 Å². The van der Waals surface area contributed by atoms with Crippen LogP contribution in [0.15, 0.2) is 0 Å². The summed E-state index contributed by atoms with van der Waals surface area (Å²) in [5, 5.41) is 11.2. The lowest BCUT2D eigenvalue weighted by atomic mass is 10.1. The maximum Gasteiger partial charge on any atom is 0.317 e. The SMILES string of the molecule is CCN(C)C(=O)NCCCCCCC(=O)O. The van der Waals surface area contributed by atoms with Gasteiger partial charge in [0, 0.05) is 26.6 Å². The lowest BCUT2D eigenvalue weighted by Gasteiger charge is -2.15. The van der Waals surface area contributed by atoms with Gasteiger partial charge in [-0.1, -0.05) is 12.8 Å². The van der Waals surface area contributed by atoms with Crippen LogP contribution in [-0.2, 0) is 4.79 Å². The molecule has 2 amide bonds. The molecular formula is C11H22N2O3. The molecule has 94 valence electrons. The Hall–Kier alpha value is -1.26. The van der Waals surface area contributed by atoms with Gasteiger partial charge < -0.3 is 15.3 Å². The molecule has 0 aromatic rings. The van der Waals surface area contributed by atoms with E-state index in [1.165, 1.54) is 0 Å². The first-order valence-electron chi connectivity index (χ1n) is 5.78. The Balaban J connectivity index is 3.27. The molecule has 0 heterocycles. The zero-order valence-electron chi connectivity index (χ0n) is 10.2. The fourth-order valence-electron chi connectivity index (χ4n) is 1.23. The van der Waals surface area contributed by atoms with Crippen molar-refractivity contribution in [1.29, 1.82) is 0 Å². The minimum atomic E-state index is -0.738. The largest absolute Gasteiger partial charge is 0.481 e. The molecule has 0 rings (SSSR count). The summed E-state index contributed by atoms with van der Waals surface area (Å²) in [4.78, 5) is 23.1. The number of urea groups is 1. The van der Waals surface area contributed by atoms with E-state index in [1.807, 2.05) is 6.92 Å². The molecule has 0 aromatic carbocycles. The molecule has 0 unspecified atom stereocenters. The maximum atomic E-state index is 11.3. The number of carboxylic acid groups (broad SMARTS) is 1. The van der Waals surface area contributed by atoms with Crippen LogP contribution in [0.2, 0.25) is 0 Å². The van der Waals surface area contributed by atoms with Gasteiger partial charge in [-0.05, 0) is 19.8 Å². The third-order valence-corrected chi connectivity index (χ3v) is 2.41. The second kappa shape index (κ2) is 9.00. The van der Waals surface area contributed by atoms with E-state index < -0.39 is 5.97 Å². The zero-order chi connectivity index (χ0) is 12.4. The molecule has 0 aliphatic heterocycles. The molecule has 0 spiro atoms. The van der Waals surface area contributed by atoms with E-state index >= 15 is 0 Å². The Kier molecular flexibility index (Phi) is 8.29. The quantitative estimate of drug-likeness (QED) is 0.623. The highest BCUT2D eigenvalue weighted by Crippen LogP contribution is 2.02. The van der Waals surface area contributed by atoms with Gasteiger partial charge in [-0.15, -0.1) is 0 Å². The fraction of sp³-hybridized carbons (Fsp3) is 0.818. The van der Waals surface area contributed by atoms with Crippen LogP contribution in [0.4, 0.5) is 4.79 Å². The van der Waals surface area contributed by atoms with Crippen molar-refractivity contribution >= 4 is 12.0 Å². The summed E-state index contributed by atoms with van der Waals surface area (Å²) < 4.78 is 0. The Labute approximate surface area is 96.8 Å². The molecule has 0 saturated heterocycles. The van der Waals surface area contributed by atoms with Gasteiger partial charge in [-0.2, -0.15) is 0 Å². The third-order valence-electron chi connectivity index (χ3n) is 2.41. The molecule has 0 radical (unpaired) electrons. The molecule has 0 atom stereocenters. The Bertz CT molecular complexity index is 219. The van der Waals surface area contributed by atoms with Crippen molar-refractivity contribution in [1.82, 2.24) is 10.2 Å². The lowest BCUT2D eigenvalue weighted by Crippen LogP contribution is -2.37. The van der Waals surface area contributed by atoms with Crippen molar-refractivity contribution < 1.29 is 14.7 Å². The van der Waals surface area contributed by atoms with Crippen LogP contribution in [0.5, 0.6) is 0 Å². The van der Waals surface area contributed by atoms with Crippen molar-refractivity contribution in [3.63, 3.8) is 0 Å². The lowest BCUT2D eigenvalue weighted by molar-refractivity contribution is -0.137. The van der Waals surface area contributed by atoms with Crippen LogP contribution in [0, 0.1) is 0 Å². The van der Waals surface area contributed by atoms with Crippen LogP contribution in [0.1, 0.15) is 39.0 Å². The molecule has 2 N–H and O–H groups in total. The second-order valence-corrected chi connectivity index (χ2v) is 3.80. The van der Waals surface area contributed by atoms with Crippen molar-refractivity contribution in [2.45, 2.75) is 39.0 Å². The molecule has 0 bridgehead atoms. The number of aliphatic carboxylic acids is 1. The van der Waals surface area contributed by atoms with E-state index in [0.717, 1.165) is 25.7 Å². The highest BCUT2D eigenvalue weighted by molar-refractivity contribution is 5.73. The van der Waals surface area contributed by atoms with E-state index in [4.69, 9.17) is 5.11 Å². The van der Waals surface area contributed by atoms with Gasteiger partial charge in [0.15, 0.2) is 0 Å². The van der Waals surface area contributed by atoms with Crippen molar-refractivity contribution in [2.24, 2.45) is 0 Å². The average Bonchev–Trinajstić information content (AvgIpc) is 2.25. The summed E-state index contributed by atoms with van der Waals surface area (Å²) in [6.07, 6.45) is 3.74. The molecule has 5 nitrogen and oxygen atoms in total. The number of carbonyl (C=O) groups is 2. The summed E-state index contributed by atoms with van der Waals surface area (Å²) in [7, 11) is 1.75. The van der Waals surface area contributed by atoms with E-state index in [2.05, 4.69) is 5.32 Å². The predicted molar refractivity (Wildman–Crippen MR) is 62.4 cm³/mol. The number of hydrogen-bond donors (Lipinski definition) is 2. The summed E-state index contributed by atoms with van der Waals surface area (Å²) in [5.74, 6) is -0.738. The number of carbonyl (C=O) groups excluding carboxylic acids is 1. The normalized spacial score (nSPS) is 9.88. The van der Waals surface area contributed by atoms with Crippen LogP contribution in [0.3, 0.4) is 0 Å². The maximum absolute atomic E-state index is 11.3. The number of nitrogens with zero attached hydrogens (tertiary/aromatic N) is 1. The molecule has 0 aliphatic rings. The van der Waals surface area contributed by atoms with Crippen molar-refractivity contribution in [3.05, 3.63) is 0 Å². The number of nitrogens with one attached hydrogen (secondary N) is 1. The first-order valence-corrected chi connectivity index (χ1v) is 5.78. The van der Waals surface area contributed by atoms with Crippen molar-refractivity contribution in [2.75, 3.05) is 20.1 Å². The minimum absolute atomic E-state index is 0.0481. The summed E-state index contributed by atoms with van der Waals surface area (Å²) in [6, 6.07) is -0.0481. The van der Waals surface area contributed by atoms with E-state index in [0.29, 0.717) is 13.1 Å². The second-order valence-electron chi connectivity index (χ2n) is 3.80. The first-order chi connectivity index (χ1) is 7.57. The van der Waals surface area contributed by atoms with Gasteiger partial charge in [-0.25, -0.2) is 4.79 Å². The number of hydrogen-bond acceptors (Lipinski definition) is 2. The summed E-state index contributed by atoms with van der Waals surface area (Å²) >= 11 is 0. The highest BCUT2D eigenvalue weighted by Gasteiger charge is 2.03. The molecule has 5 heteroatoms. The number of amides is 2. The molecule has 0 fully saturated rings. The monoisotopic (exact) mass is 230 g/mol. The van der Waals surface area contributed by atoms with Crippen LogP contribution >= 0.6 is 0 Å². The van der Waals surface area contributed by atoms with E-state index in [1.54, 1.807) is 11.9 Å². The number of unbranched alkanes of at least 4 members (excludes halogenated alkanes) is 3. The first kappa shape index (κ1) is 14.7.